The van der Waals surface area contributed by atoms with E-state index in [0.29, 0.717) is 17.4 Å². The number of allylic oxidation sites excluding steroid dienone is 3. The molecular weight excluding hydrogens is 695 g/mol. The van der Waals surface area contributed by atoms with Crippen molar-refractivity contribution < 1.29 is 32.9 Å². The molecule has 8 nitrogen and oxygen atoms in total. The topological polar surface area (TPSA) is 108 Å². The minimum absolute atomic E-state index is 0.000299. The number of rotatable bonds is 41. The molecule has 0 heterocycles. The summed E-state index contributed by atoms with van der Waals surface area (Å²) in [5.74, 6) is -0.201. The molecule has 3 unspecified atom stereocenters. The van der Waals surface area contributed by atoms with Crippen molar-refractivity contribution in [3.63, 3.8) is 0 Å². The minimum Gasteiger partial charge on any atom is -0.756 e. The second-order valence-corrected chi connectivity index (χ2v) is 18.2. The molecule has 0 aliphatic rings. The van der Waals surface area contributed by atoms with Gasteiger partial charge in [0.05, 0.1) is 39.9 Å². The molecule has 0 aliphatic carbocycles. The van der Waals surface area contributed by atoms with Crippen LogP contribution >= 0.6 is 7.82 Å². The number of aliphatic hydroxyl groups excluding tert-OH is 1. The lowest BCUT2D eigenvalue weighted by molar-refractivity contribution is -0.870. The molecule has 0 spiro atoms. The lowest BCUT2D eigenvalue weighted by Gasteiger charge is -2.29. The Bertz CT molecular complexity index is 938. The van der Waals surface area contributed by atoms with Crippen LogP contribution in [-0.4, -0.2) is 68.5 Å². The first-order valence-electron chi connectivity index (χ1n) is 22.7. The fourth-order valence-corrected chi connectivity index (χ4v) is 7.22. The Labute approximate surface area is 334 Å². The summed E-state index contributed by atoms with van der Waals surface area (Å²) in [5, 5.41) is 13.6. The predicted molar refractivity (Wildman–Crippen MR) is 228 cm³/mol. The molecule has 0 saturated carbocycles. The zero-order valence-corrected chi connectivity index (χ0v) is 37.1. The van der Waals surface area contributed by atoms with Crippen LogP contribution in [0.3, 0.4) is 0 Å². The van der Waals surface area contributed by atoms with Gasteiger partial charge >= 0.3 is 0 Å². The molecule has 0 bridgehead atoms. The van der Waals surface area contributed by atoms with E-state index in [2.05, 4.69) is 31.3 Å². The van der Waals surface area contributed by atoms with Crippen molar-refractivity contribution in [2.45, 2.75) is 219 Å². The summed E-state index contributed by atoms with van der Waals surface area (Å²) in [6, 6.07) is -0.880. The molecule has 0 aliphatic heterocycles. The molecule has 320 valence electrons. The molecule has 3 atom stereocenters. The highest BCUT2D eigenvalue weighted by atomic mass is 31.2. The average molecular weight is 785 g/mol. The van der Waals surface area contributed by atoms with Gasteiger partial charge in [0, 0.05) is 6.42 Å². The molecule has 0 aromatic rings. The highest BCUT2D eigenvalue weighted by Crippen LogP contribution is 2.38. The predicted octanol–water partition coefficient (Wildman–Crippen LogP) is 11.9. The van der Waals surface area contributed by atoms with Crippen LogP contribution < -0.4 is 10.2 Å². The number of phosphoric ester groups is 1. The number of quaternary nitrogens is 1. The third kappa shape index (κ3) is 39.2. The summed E-state index contributed by atoms with van der Waals surface area (Å²) in [4.78, 5) is 25.2. The molecule has 2 N–H and O–H groups in total. The summed E-state index contributed by atoms with van der Waals surface area (Å²) < 4.78 is 23.1. The van der Waals surface area contributed by atoms with Gasteiger partial charge < -0.3 is 28.8 Å². The fraction of sp³-hybridized carbons (Fsp3) is 0.889. The SMILES string of the molecule is CCCCCCC/C=C/C(O)C(COP(=O)([O-])OCC[N+](C)(C)C)NC(=O)CCCCCCCCCCCCCCC/C=C\CCCCCCCCCC. The van der Waals surface area contributed by atoms with Gasteiger partial charge in [0.25, 0.3) is 7.82 Å². The van der Waals surface area contributed by atoms with Crippen molar-refractivity contribution in [2.24, 2.45) is 0 Å². The first-order valence-corrected chi connectivity index (χ1v) is 24.2. The summed E-state index contributed by atoms with van der Waals surface area (Å²) in [5.41, 5.74) is 0. The highest BCUT2D eigenvalue weighted by Gasteiger charge is 2.23. The molecule has 0 fully saturated rings. The number of phosphoric acid groups is 1. The number of nitrogens with zero attached hydrogens (tertiary/aromatic N) is 1. The number of hydrogen-bond donors (Lipinski definition) is 2. The molecule has 1 amide bonds. The van der Waals surface area contributed by atoms with Gasteiger partial charge in [-0.1, -0.05) is 179 Å². The summed E-state index contributed by atoms with van der Waals surface area (Å²) in [7, 11) is 1.26. The normalized spacial score (nSPS) is 14.6. The van der Waals surface area contributed by atoms with Crippen LogP contribution in [0, 0.1) is 0 Å². The van der Waals surface area contributed by atoms with E-state index in [9.17, 15) is 19.4 Å². The first kappa shape index (κ1) is 53.0. The van der Waals surface area contributed by atoms with E-state index >= 15 is 0 Å². The zero-order chi connectivity index (χ0) is 40.0. The van der Waals surface area contributed by atoms with Crippen LogP contribution in [-0.2, 0) is 18.4 Å². The van der Waals surface area contributed by atoms with Crippen molar-refractivity contribution in [3.8, 4) is 0 Å². The number of unbranched alkanes of at least 4 members (excludes halogenated alkanes) is 26. The molecule has 9 heteroatoms. The third-order valence-corrected chi connectivity index (χ3v) is 11.1. The maximum atomic E-state index is 12.8. The maximum Gasteiger partial charge on any atom is 0.268 e. The maximum absolute atomic E-state index is 12.8. The lowest BCUT2D eigenvalue weighted by atomic mass is 10.0. The van der Waals surface area contributed by atoms with E-state index in [4.69, 9.17) is 9.05 Å². The van der Waals surface area contributed by atoms with Crippen LogP contribution in [0.15, 0.2) is 24.3 Å². The van der Waals surface area contributed by atoms with E-state index < -0.39 is 20.0 Å². The van der Waals surface area contributed by atoms with Gasteiger partial charge in [-0.25, -0.2) is 0 Å². The van der Waals surface area contributed by atoms with E-state index in [1.165, 1.54) is 148 Å². The number of carbonyl (C=O) groups is 1. The van der Waals surface area contributed by atoms with Crippen molar-refractivity contribution in [3.05, 3.63) is 24.3 Å². The lowest BCUT2D eigenvalue weighted by Crippen LogP contribution is -2.45. The number of likely N-dealkylation sites (N-methyl/N-ethyl adjacent to an activating group) is 1. The number of hydrogen-bond acceptors (Lipinski definition) is 6. The second-order valence-electron chi connectivity index (χ2n) is 16.8. The number of aliphatic hydroxyl groups is 1. The largest absolute Gasteiger partial charge is 0.756 e. The summed E-state index contributed by atoms with van der Waals surface area (Å²) in [6.45, 7) is 4.59. The molecule has 0 radical (unpaired) electrons. The molecular formula is C45H89N2O6P. The summed E-state index contributed by atoms with van der Waals surface area (Å²) >= 11 is 0. The van der Waals surface area contributed by atoms with Gasteiger partial charge in [-0.2, -0.15) is 0 Å². The highest BCUT2D eigenvalue weighted by molar-refractivity contribution is 7.45. The standard InChI is InChI=1S/C45H89N2O6P/c1-6-8-10-12-14-15-16-17-18-19-20-21-22-23-24-25-26-27-28-29-30-31-33-35-37-39-45(49)46-43(44(48)38-36-34-32-13-11-9-7-2)42-53-54(50,51)52-41-40-47(3,4)5/h19-20,36,38,43-44,48H,6-18,21-35,37,39-42H2,1-5H3,(H-,46,49,50,51)/b20-19-,38-36+. The smallest absolute Gasteiger partial charge is 0.268 e. The van der Waals surface area contributed by atoms with Crippen LogP contribution in [0.2, 0.25) is 0 Å². The van der Waals surface area contributed by atoms with Gasteiger partial charge in [-0.05, 0) is 44.9 Å². The second kappa shape index (κ2) is 37.6. The zero-order valence-electron chi connectivity index (χ0n) is 36.2. The van der Waals surface area contributed by atoms with E-state index in [-0.39, 0.29) is 19.1 Å². The first-order chi connectivity index (χ1) is 26.0. The number of carbonyl (C=O) groups excluding carboxylic acids is 1. The summed E-state index contributed by atoms with van der Waals surface area (Å²) in [6.07, 6.45) is 44.0. The number of nitrogens with one attached hydrogen (secondary N) is 1. The molecule has 0 aromatic carbocycles. The van der Waals surface area contributed by atoms with E-state index in [1.807, 2.05) is 27.2 Å². The molecule has 0 rings (SSSR count). The van der Waals surface area contributed by atoms with Crippen molar-refractivity contribution in [2.75, 3.05) is 40.9 Å². The van der Waals surface area contributed by atoms with Crippen LogP contribution in [0.25, 0.3) is 0 Å². The fourth-order valence-electron chi connectivity index (χ4n) is 6.50. The van der Waals surface area contributed by atoms with Crippen LogP contribution in [0.1, 0.15) is 206 Å². The average Bonchev–Trinajstić information content (AvgIpc) is 3.12. The van der Waals surface area contributed by atoms with Gasteiger partial charge in [0.15, 0.2) is 0 Å². The van der Waals surface area contributed by atoms with E-state index in [0.717, 1.165) is 38.5 Å². The van der Waals surface area contributed by atoms with Gasteiger partial charge in [-0.3, -0.25) is 9.36 Å². The van der Waals surface area contributed by atoms with Gasteiger partial charge in [0.1, 0.15) is 13.2 Å². The van der Waals surface area contributed by atoms with Crippen molar-refractivity contribution in [1.82, 2.24) is 5.32 Å². The molecule has 0 aromatic heterocycles. The van der Waals surface area contributed by atoms with Crippen LogP contribution in [0.5, 0.6) is 0 Å². The van der Waals surface area contributed by atoms with Crippen LogP contribution in [0.4, 0.5) is 0 Å². The Balaban J connectivity index is 4.06. The Kier molecular flexibility index (Phi) is 36.8. The van der Waals surface area contributed by atoms with Gasteiger partial charge in [0.2, 0.25) is 5.91 Å². The third-order valence-electron chi connectivity index (χ3n) is 10.2. The Morgan fingerprint density at radius 2 is 1.02 bits per heavy atom. The van der Waals surface area contributed by atoms with E-state index in [1.54, 1.807) is 6.08 Å². The Hall–Kier alpha value is -1.02. The minimum atomic E-state index is -4.57. The Morgan fingerprint density at radius 1 is 0.630 bits per heavy atom. The van der Waals surface area contributed by atoms with Gasteiger partial charge in [-0.15, -0.1) is 0 Å². The molecule has 0 saturated heterocycles. The Morgan fingerprint density at radius 3 is 1.44 bits per heavy atom. The number of amides is 1. The van der Waals surface area contributed by atoms with Crippen molar-refractivity contribution in [1.29, 1.82) is 0 Å². The molecule has 54 heavy (non-hydrogen) atoms. The van der Waals surface area contributed by atoms with Crippen molar-refractivity contribution >= 4 is 13.7 Å². The quantitative estimate of drug-likeness (QED) is 0.0277. The monoisotopic (exact) mass is 785 g/mol.